The number of benzene rings is 4. The van der Waals surface area contributed by atoms with E-state index in [9.17, 15) is 19.5 Å². The number of fused-ring (bicyclic) bond motifs is 2. The molecule has 0 spiro atoms. The highest BCUT2D eigenvalue weighted by molar-refractivity contribution is 5.93. The lowest BCUT2D eigenvalue weighted by Crippen LogP contribution is -2.78. The van der Waals surface area contributed by atoms with Gasteiger partial charge in [0, 0.05) is 26.4 Å². The summed E-state index contributed by atoms with van der Waals surface area (Å²) in [6, 6.07) is 29.5. The molecule has 8 heteroatoms. The molecule has 6 rings (SSSR count). The predicted octanol–water partition coefficient (Wildman–Crippen LogP) is 4.36. The number of phenolic OH excluding ortho intramolecular Hbond substituents is 1. The predicted molar refractivity (Wildman–Crippen MR) is 164 cm³/mol. The maximum atomic E-state index is 14.4. The van der Waals surface area contributed by atoms with Gasteiger partial charge in [0.05, 0.1) is 12.6 Å². The summed E-state index contributed by atoms with van der Waals surface area (Å²) < 4.78 is 0. The third kappa shape index (κ3) is 5.58. The minimum atomic E-state index is -0.800. The van der Waals surface area contributed by atoms with Gasteiger partial charge in [-0.1, -0.05) is 84.9 Å². The van der Waals surface area contributed by atoms with Gasteiger partial charge in [-0.2, -0.15) is 0 Å². The van der Waals surface area contributed by atoms with Crippen molar-refractivity contribution in [2.75, 3.05) is 13.6 Å². The van der Waals surface area contributed by atoms with Gasteiger partial charge in [0.1, 0.15) is 18.0 Å². The summed E-state index contributed by atoms with van der Waals surface area (Å²) >= 11 is 0. The summed E-state index contributed by atoms with van der Waals surface area (Å²) in [5, 5.41) is 15.4. The number of piperazine rings is 1. The smallest absolute Gasteiger partial charge is 0.246 e. The lowest BCUT2D eigenvalue weighted by atomic mass is 9.94. The van der Waals surface area contributed by atoms with Gasteiger partial charge in [-0.15, -0.1) is 0 Å². The van der Waals surface area contributed by atoms with E-state index in [2.05, 4.69) is 18.2 Å². The topological polar surface area (TPSA) is 84.4 Å². The Kier molecular flexibility index (Phi) is 7.86. The van der Waals surface area contributed by atoms with E-state index in [4.69, 9.17) is 0 Å². The van der Waals surface area contributed by atoms with Crippen molar-refractivity contribution in [3.8, 4) is 5.75 Å². The molecule has 3 atom stereocenters. The summed E-state index contributed by atoms with van der Waals surface area (Å²) in [6.45, 7) is 2.28. The molecular weight excluding hydrogens is 540 g/mol. The monoisotopic (exact) mass is 576 g/mol. The Morgan fingerprint density at radius 2 is 1.56 bits per heavy atom. The second kappa shape index (κ2) is 11.9. The number of amides is 3. The second-order valence-corrected chi connectivity index (χ2v) is 11.5. The quantitative estimate of drug-likeness (QED) is 0.354. The van der Waals surface area contributed by atoms with E-state index >= 15 is 0 Å². The zero-order chi connectivity index (χ0) is 30.1. The molecule has 0 aromatic heterocycles. The summed E-state index contributed by atoms with van der Waals surface area (Å²) in [5.74, 6) is -0.301. The van der Waals surface area contributed by atoms with Gasteiger partial charge in [-0.3, -0.25) is 19.4 Å². The van der Waals surface area contributed by atoms with Crippen LogP contribution in [0.4, 0.5) is 0 Å². The Hall–Kier alpha value is -4.69. The molecule has 0 bridgehead atoms. The van der Waals surface area contributed by atoms with E-state index < -0.39 is 18.2 Å². The molecule has 0 aliphatic carbocycles. The van der Waals surface area contributed by atoms with E-state index in [-0.39, 0.29) is 42.9 Å². The van der Waals surface area contributed by atoms with Crippen molar-refractivity contribution >= 4 is 28.5 Å². The molecule has 0 radical (unpaired) electrons. The first-order valence-electron chi connectivity index (χ1n) is 14.7. The molecule has 2 aliphatic rings. The van der Waals surface area contributed by atoms with Gasteiger partial charge in [0.2, 0.25) is 17.7 Å². The lowest BCUT2D eigenvalue weighted by molar-refractivity contribution is -0.210. The van der Waals surface area contributed by atoms with Crippen LogP contribution in [0.1, 0.15) is 30.0 Å². The molecule has 220 valence electrons. The zero-order valence-corrected chi connectivity index (χ0v) is 24.5. The standard InChI is InChI=1S/C35H36N4O4/c1-24-34-38(33(42)23-36(2)39(34)32(41)20-17-25-9-4-3-5-10-25)31(21-26-15-18-29(40)19-16-26)35(43)37(24)22-28-13-8-12-27-11-6-7-14-30(27)28/h3-16,18-19,24,31,34,40H,17,20-23H2,1-2H3. The number of hydrazine groups is 1. The lowest BCUT2D eigenvalue weighted by Gasteiger charge is -2.57. The maximum Gasteiger partial charge on any atom is 0.246 e. The van der Waals surface area contributed by atoms with Crippen LogP contribution in [0.25, 0.3) is 10.8 Å². The fraction of sp³-hybridized carbons (Fsp3) is 0.286. The molecule has 8 nitrogen and oxygen atoms in total. The first kappa shape index (κ1) is 28.4. The van der Waals surface area contributed by atoms with Crippen LogP contribution in [0.5, 0.6) is 5.75 Å². The van der Waals surface area contributed by atoms with Crippen molar-refractivity contribution < 1.29 is 19.5 Å². The van der Waals surface area contributed by atoms with Crippen LogP contribution >= 0.6 is 0 Å². The molecule has 2 fully saturated rings. The van der Waals surface area contributed by atoms with Crippen molar-refractivity contribution in [2.45, 2.75) is 51.0 Å². The number of hydrogen-bond donors (Lipinski definition) is 1. The molecule has 4 aromatic rings. The third-order valence-electron chi connectivity index (χ3n) is 8.69. The van der Waals surface area contributed by atoms with Gasteiger partial charge in [0.15, 0.2) is 0 Å². The summed E-state index contributed by atoms with van der Waals surface area (Å²) in [6.07, 6.45) is 0.466. The Morgan fingerprint density at radius 1 is 0.860 bits per heavy atom. The van der Waals surface area contributed by atoms with Crippen LogP contribution in [-0.2, 0) is 33.8 Å². The maximum absolute atomic E-state index is 14.4. The highest BCUT2D eigenvalue weighted by Gasteiger charge is 2.53. The Balaban J connectivity index is 1.38. The van der Waals surface area contributed by atoms with Crippen molar-refractivity contribution in [1.29, 1.82) is 0 Å². The molecule has 3 unspecified atom stereocenters. The first-order chi connectivity index (χ1) is 20.8. The number of aromatic hydroxyl groups is 1. The van der Waals surface area contributed by atoms with Crippen LogP contribution in [0.3, 0.4) is 0 Å². The molecule has 2 heterocycles. The number of rotatable bonds is 7. The van der Waals surface area contributed by atoms with Crippen LogP contribution in [0.2, 0.25) is 0 Å². The summed E-state index contributed by atoms with van der Waals surface area (Å²) in [5.41, 5.74) is 2.90. The fourth-order valence-corrected chi connectivity index (χ4v) is 6.51. The van der Waals surface area contributed by atoms with Gasteiger partial charge in [-0.25, -0.2) is 5.01 Å². The molecule has 0 saturated carbocycles. The van der Waals surface area contributed by atoms with Crippen LogP contribution < -0.4 is 0 Å². The van der Waals surface area contributed by atoms with Crippen LogP contribution in [0, 0.1) is 0 Å². The molecule has 4 aromatic carbocycles. The molecule has 3 amide bonds. The minimum Gasteiger partial charge on any atom is -0.508 e. The minimum absolute atomic E-state index is 0.00295. The Labute approximate surface area is 251 Å². The van der Waals surface area contributed by atoms with Gasteiger partial charge in [0.25, 0.3) is 0 Å². The Bertz CT molecular complexity index is 1640. The largest absolute Gasteiger partial charge is 0.508 e. The molecule has 1 N–H and O–H groups in total. The number of carbonyl (C=O) groups is 3. The van der Waals surface area contributed by atoms with Crippen LogP contribution in [0.15, 0.2) is 97.1 Å². The van der Waals surface area contributed by atoms with Crippen molar-refractivity contribution in [1.82, 2.24) is 19.8 Å². The van der Waals surface area contributed by atoms with Crippen molar-refractivity contribution in [3.05, 3.63) is 114 Å². The van der Waals surface area contributed by atoms with E-state index in [1.165, 1.54) is 0 Å². The summed E-state index contributed by atoms with van der Waals surface area (Å²) in [7, 11) is 1.77. The first-order valence-corrected chi connectivity index (χ1v) is 14.7. The third-order valence-corrected chi connectivity index (χ3v) is 8.69. The van der Waals surface area contributed by atoms with E-state index in [1.807, 2.05) is 66.4 Å². The average Bonchev–Trinajstić information content (AvgIpc) is 3.01. The molecule has 2 aliphatic heterocycles. The summed E-state index contributed by atoms with van der Waals surface area (Å²) in [4.78, 5) is 45.5. The van der Waals surface area contributed by atoms with Crippen molar-refractivity contribution in [2.24, 2.45) is 0 Å². The fourth-order valence-electron chi connectivity index (χ4n) is 6.51. The number of nitrogens with zero attached hydrogens (tertiary/aromatic N) is 4. The Morgan fingerprint density at radius 3 is 2.33 bits per heavy atom. The van der Waals surface area contributed by atoms with Crippen LogP contribution in [-0.4, -0.2) is 74.5 Å². The number of phenols is 1. The normalized spacial score (nSPS) is 20.9. The van der Waals surface area contributed by atoms with Gasteiger partial charge >= 0.3 is 0 Å². The van der Waals surface area contributed by atoms with Gasteiger partial charge < -0.3 is 14.9 Å². The molecule has 2 saturated heterocycles. The van der Waals surface area contributed by atoms with E-state index in [0.717, 1.165) is 27.5 Å². The number of likely N-dealkylation sites (N-methyl/N-ethyl adjacent to an activating group) is 1. The zero-order valence-electron chi connectivity index (χ0n) is 24.5. The van der Waals surface area contributed by atoms with E-state index in [1.54, 1.807) is 46.2 Å². The SMILES string of the molecule is CC1C2N(C(=O)CN(C)N2C(=O)CCc2ccccc2)C(Cc2ccc(O)cc2)C(=O)N1Cc1cccc2ccccc12. The van der Waals surface area contributed by atoms with E-state index in [0.29, 0.717) is 13.0 Å². The molecular formula is C35H36N4O4. The highest BCUT2D eigenvalue weighted by Crippen LogP contribution is 2.34. The number of carbonyl (C=O) groups excluding carboxylic acids is 3. The van der Waals surface area contributed by atoms with Gasteiger partial charge in [-0.05, 0) is 52.9 Å². The average molecular weight is 577 g/mol. The second-order valence-electron chi connectivity index (χ2n) is 11.5. The number of aryl methyl sites for hydroxylation is 1. The number of hydrogen-bond acceptors (Lipinski definition) is 5. The highest BCUT2D eigenvalue weighted by atomic mass is 16.3. The molecule has 43 heavy (non-hydrogen) atoms. The van der Waals surface area contributed by atoms with Crippen molar-refractivity contribution in [3.63, 3.8) is 0 Å².